The number of para-hydroxylation sites is 1. The number of anilines is 1. The number of hydrogen-bond acceptors (Lipinski definition) is 6. The van der Waals surface area contributed by atoms with Crippen molar-refractivity contribution in [3.8, 4) is 0 Å². The van der Waals surface area contributed by atoms with Crippen LogP contribution in [0.25, 0.3) is 0 Å². The van der Waals surface area contributed by atoms with Crippen LogP contribution >= 0.6 is 35.7 Å². The van der Waals surface area contributed by atoms with E-state index < -0.39 is 0 Å². The summed E-state index contributed by atoms with van der Waals surface area (Å²) in [6.45, 7) is 2.86. The van der Waals surface area contributed by atoms with E-state index in [4.69, 9.17) is 18.1 Å². The van der Waals surface area contributed by atoms with E-state index >= 15 is 0 Å². The number of amides is 1. The second-order valence-electron chi connectivity index (χ2n) is 3.99. The fourth-order valence-corrected chi connectivity index (χ4v) is 4.50. The summed E-state index contributed by atoms with van der Waals surface area (Å²) in [4.78, 5) is 16.0. The smallest absolute Gasteiger partial charge is 0.283 e. The van der Waals surface area contributed by atoms with Crippen molar-refractivity contribution in [1.82, 2.24) is 5.01 Å². The van der Waals surface area contributed by atoms with Crippen LogP contribution < -0.4 is 10.7 Å². The Hall–Kier alpha value is -1.02. The first-order chi connectivity index (χ1) is 9.13. The van der Waals surface area contributed by atoms with E-state index in [-0.39, 0.29) is 5.91 Å². The molecule has 98 valence electrons. The van der Waals surface area contributed by atoms with E-state index in [9.17, 15) is 4.79 Å². The molecule has 1 saturated heterocycles. The largest absolute Gasteiger partial charge is 0.334 e. The van der Waals surface area contributed by atoms with E-state index in [0.717, 1.165) is 27.2 Å². The topological polar surface area (TPSA) is 49.6 Å². The van der Waals surface area contributed by atoms with Crippen LogP contribution in [0.2, 0.25) is 0 Å². The Morgan fingerprint density at radius 3 is 2.68 bits per heavy atom. The van der Waals surface area contributed by atoms with E-state index in [1.54, 1.807) is 11.8 Å². The van der Waals surface area contributed by atoms with Gasteiger partial charge in [0.25, 0.3) is 5.91 Å². The van der Waals surface area contributed by atoms with Gasteiger partial charge in [0.05, 0.1) is 5.69 Å². The fraction of sp³-hybridized carbons (Fsp3) is 0.167. The van der Waals surface area contributed by atoms with Crippen LogP contribution in [0.5, 0.6) is 0 Å². The molecule has 1 amide bonds. The van der Waals surface area contributed by atoms with Crippen molar-refractivity contribution in [2.75, 3.05) is 11.4 Å². The summed E-state index contributed by atoms with van der Waals surface area (Å²) in [5, 5.41) is 1.97. The highest BCUT2D eigenvalue weighted by Gasteiger charge is 2.37. The van der Waals surface area contributed by atoms with Gasteiger partial charge in [-0.25, -0.2) is 10.9 Å². The number of hydrogen-bond donors (Lipinski definition) is 1. The van der Waals surface area contributed by atoms with Crippen molar-refractivity contribution in [1.29, 1.82) is 0 Å². The Morgan fingerprint density at radius 1 is 1.32 bits per heavy atom. The van der Waals surface area contributed by atoms with Gasteiger partial charge in [0.2, 0.25) is 0 Å². The van der Waals surface area contributed by atoms with Crippen LogP contribution in [0.3, 0.4) is 0 Å². The lowest BCUT2D eigenvalue weighted by atomic mass is 10.3. The Balaban J connectivity index is 2.09. The molecule has 7 heteroatoms. The summed E-state index contributed by atoms with van der Waals surface area (Å²) in [7, 11) is 0. The third-order valence-corrected chi connectivity index (χ3v) is 5.62. The molecule has 0 saturated carbocycles. The van der Waals surface area contributed by atoms with E-state index in [1.165, 1.54) is 11.8 Å². The van der Waals surface area contributed by atoms with Gasteiger partial charge in [0.1, 0.15) is 9.93 Å². The predicted octanol–water partition coefficient (Wildman–Crippen LogP) is 2.52. The maximum atomic E-state index is 12.1. The molecule has 0 aromatic heterocycles. The Kier molecular flexibility index (Phi) is 3.30. The molecule has 1 aromatic rings. The average Bonchev–Trinajstić information content (AvgIpc) is 2.91. The lowest BCUT2D eigenvalue weighted by molar-refractivity contribution is -0.122. The monoisotopic (exact) mass is 309 g/mol. The quantitative estimate of drug-likeness (QED) is 0.372. The van der Waals surface area contributed by atoms with Crippen LogP contribution in [-0.2, 0) is 4.79 Å². The van der Waals surface area contributed by atoms with Gasteiger partial charge in [-0.2, -0.15) is 0 Å². The summed E-state index contributed by atoms with van der Waals surface area (Å²) < 4.78 is 0.403. The summed E-state index contributed by atoms with van der Waals surface area (Å²) in [6, 6.07) is 8.11. The minimum atomic E-state index is -0.219. The third-order valence-electron chi connectivity index (χ3n) is 2.92. The molecule has 0 bridgehead atoms. The molecule has 19 heavy (non-hydrogen) atoms. The van der Waals surface area contributed by atoms with Crippen molar-refractivity contribution >= 4 is 51.7 Å². The van der Waals surface area contributed by atoms with Crippen LogP contribution in [0.15, 0.2) is 39.1 Å². The highest BCUT2D eigenvalue weighted by molar-refractivity contribution is 8.27. The first kappa shape index (κ1) is 13.0. The number of fused-ring (bicyclic) bond motifs is 1. The number of carbonyl (C=O) groups is 1. The standard InChI is InChI=1S/C12H11N3OS3/c1-2-14-7-5-3-4-6-8(7)18-11(14)9-10(16)15(13)12(17)19-9/h3-6H,2,13H2,1H3. The molecule has 1 fully saturated rings. The number of thiocarbonyl (C=S) groups is 1. The van der Waals surface area contributed by atoms with Crippen LogP contribution in [0.4, 0.5) is 5.69 Å². The van der Waals surface area contributed by atoms with Crippen molar-refractivity contribution in [2.24, 2.45) is 5.84 Å². The first-order valence-corrected chi connectivity index (χ1v) is 7.77. The number of rotatable bonds is 1. The third kappa shape index (κ3) is 1.97. The molecular formula is C12H11N3OS3. The van der Waals surface area contributed by atoms with E-state index in [1.807, 2.05) is 12.1 Å². The average molecular weight is 309 g/mol. The van der Waals surface area contributed by atoms with Gasteiger partial charge in [-0.3, -0.25) is 4.79 Å². The fourth-order valence-electron chi connectivity index (χ4n) is 2.03. The molecule has 2 N–H and O–H groups in total. The zero-order chi connectivity index (χ0) is 13.6. The molecular weight excluding hydrogens is 298 g/mol. The lowest BCUT2D eigenvalue weighted by Crippen LogP contribution is -2.35. The maximum absolute atomic E-state index is 12.1. The van der Waals surface area contributed by atoms with Gasteiger partial charge in [0, 0.05) is 11.4 Å². The Labute approximate surface area is 125 Å². The summed E-state index contributed by atoms with van der Waals surface area (Å²) in [5.41, 5.74) is 1.13. The molecule has 2 aliphatic heterocycles. The molecule has 4 nitrogen and oxygen atoms in total. The highest BCUT2D eigenvalue weighted by atomic mass is 32.2. The van der Waals surface area contributed by atoms with Crippen LogP contribution in [-0.4, -0.2) is 21.8 Å². The normalized spacial score (nSPS) is 22.4. The Morgan fingerprint density at radius 2 is 2.05 bits per heavy atom. The number of thioether (sulfide) groups is 2. The number of nitrogens with two attached hydrogens (primary N) is 1. The second-order valence-corrected chi connectivity index (χ2v) is 6.67. The number of benzene rings is 1. The van der Waals surface area contributed by atoms with Gasteiger partial charge >= 0.3 is 0 Å². The van der Waals surface area contributed by atoms with Crippen LogP contribution in [0.1, 0.15) is 6.92 Å². The van der Waals surface area contributed by atoms with Crippen molar-refractivity contribution in [2.45, 2.75) is 11.8 Å². The lowest BCUT2D eigenvalue weighted by Gasteiger charge is -2.18. The summed E-state index contributed by atoms with van der Waals surface area (Å²) >= 11 is 7.94. The zero-order valence-electron chi connectivity index (χ0n) is 10.1. The van der Waals surface area contributed by atoms with Gasteiger partial charge in [-0.15, -0.1) is 0 Å². The molecule has 0 spiro atoms. The number of carbonyl (C=O) groups excluding carboxylic acids is 1. The van der Waals surface area contributed by atoms with Gasteiger partial charge in [0.15, 0.2) is 4.32 Å². The highest BCUT2D eigenvalue weighted by Crippen LogP contribution is 2.49. The SMILES string of the molecule is CCN1C(=C2SC(=S)N(N)C2=O)Sc2ccccc21. The second kappa shape index (κ2) is 4.82. The van der Waals surface area contributed by atoms with Gasteiger partial charge in [-0.05, 0) is 19.1 Å². The first-order valence-electron chi connectivity index (χ1n) is 5.73. The molecule has 1 aromatic carbocycles. The number of hydrazine groups is 1. The van der Waals surface area contributed by atoms with Crippen molar-refractivity contribution in [3.63, 3.8) is 0 Å². The molecule has 2 heterocycles. The summed E-state index contributed by atoms with van der Waals surface area (Å²) in [6.07, 6.45) is 0. The summed E-state index contributed by atoms with van der Waals surface area (Å²) in [5.74, 6) is 5.41. The van der Waals surface area contributed by atoms with Crippen LogP contribution in [0, 0.1) is 0 Å². The molecule has 3 rings (SSSR count). The number of nitrogens with zero attached hydrogens (tertiary/aromatic N) is 2. The predicted molar refractivity (Wildman–Crippen MR) is 83.6 cm³/mol. The van der Waals surface area contributed by atoms with Gasteiger partial charge in [-0.1, -0.05) is 47.9 Å². The molecule has 0 aliphatic carbocycles. The minimum Gasteiger partial charge on any atom is -0.334 e. The molecule has 0 radical (unpaired) electrons. The van der Waals surface area contributed by atoms with Crippen molar-refractivity contribution < 1.29 is 4.79 Å². The molecule has 0 atom stereocenters. The van der Waals surface area contributed by atoms with E-state index in [0.29, 0.717) is 9.23 Å². The zero-order valence-corrected chi connectivity index (χ0v) is 12.6. The van der Waals surface area contributed by atoms with Crippen molar-refractivity contribution in [3.05, 3.63) is 34.2 Å². The van der Waals surface area contributed by atoms with Gasteiger partial charge < -0.3 is 4.90 Å². The Bertz CT molecular complexity index is 614. The van der Waals surface area contributed by atoms with E-state index in [2.05, 4.69) is 24.0 Å². The maximum Gasteiger partial charge on any atom is 0.283 e. The molecule has 0 unspecified atom stereocenters. The molecule has 2 aliphatic rings. The minimum absolute atomic E-state index is 0.219.